The lowest BCUT2D eigenvalue weighted by atomic mass is 10.8. The summed E-state index contributed by atoms with van der Waals surface area (Å²) in [7, 11) is 0. The van der Waals surface area contributed by atoms with Crippen LogP contribution >= 0.6 is 45.2 Å². The van der Waals surface area contributed by atoms with Gasteiger partial charge in [-0.25, -0.2) is 4.98 Å². The Labute approximate surface area is 74.4 Å². The Morgan fingerprint density at radius 1 is 1.12 bits per heavy atom. The van der Waals surface area contributed by atoms with Gasteiger partial charge in [0.15, 0.2) is 0 Å². The molecule has 0 aliphatic carbocycles. The zero-order valence-corrected chi connectivity index (χ0v) is 8.12. The lowest BCUT2D eigenvalue weighted by Gasteiger charge is -1.86. The third-order valence-electron chi connectivity index (χ3n) is 0.576. The molecule has 1 aromatic rings. The highest BCUT2D eigenvalue weighted by Gasteiger charge is 1.86. The van der Waals surface area contributed by atoms with Crippen molar-refractivity contribution in [2.24, 2.45) is 0 Å². The third-order valence-corrected chi connectivity index (χ3v) is 1.62. The molecule has 0 aromatic carbocycles. The summed E-state index contributed by atoms with van der Waals surface area (Å²) in [5.41, 5.74) is 0. The first-order valence-corrected chi connectivity index (χ1v) is 4.08. The molecule has 0 bridgehead atoms. The Bertz CT molecular complexity index is 172. The quantitative estimate of drug-likeness (QED) is 0.676. The van der Waals surface area contributed by atoms with E-state index in [4.69, 9.17) is 0 Å². The monoisotopic (exact) mass is 332 g/mol. The first kappa shape index (κ1) is 6.66. The van der Waals surface area contributed by atoms with Crippen LogP contribution in [0.1, 0.15) is 0 Å². The molecule has 0 aliphatic rings. The SMILES string of the molecule is Ic1cncc(I)n1. The molecule has 8 heavy (non-hydrogen) atoms. The van der Waals surface area contributed by atoms with Crippen molar-refractivity contribution in [3.8, 4) is 0 Å². The van der Waals surface area contributed by atoms with Crippen molar-refractivity contribution in [1.82, 2.24) is 9.97 Å². The fourth-order valence-electron chi connectivity index (χ4n) is 0.320. The highest BCUT2D eigenvalue weighted by Crippen LogP contribution is 2.00. The summed E-state index contributed by atoms with van der Waals surface area (Å²) in [5.74, 6) is 0. The maximum absolute atomic E-state index is 4.08. The van der Waals surface area contributed by atoms with Crippen LogP contribution in [0, 0.1) is 7.40 Å². The number of nitrogens with zero attached hydrogens (tertiary/aromatic N) is 2. The minimum Gasteiger partial charge on any atom is -0.259 e. The number of hydrogen-bond acceptors (Lipinski definition) is 2. The third kappa shape index (κ3) is 1.81. The fraction of sp³-hybridized carbons (Fsp3) is 0. The van der Waals surface area contributed by atoms with E-state index in [0.717, 1.165) is 7.40 Å². The molecular formula is C4H2I2N2. The van der Waals surface area contributed by atoms with E-state index in [1.54, 1.807) is 12.4 Å². The molecule has 0 unspecified atom stereocenters. The first-order valence-electron chi connectivity index (χ1n) is 1.92. The summed E-state index contributed by atoms with van der Waals surface area (Å²) in [5, 5.41) is 0. The Morgan fingerprint density at radius 3 is 1.88 bits per heavy atom. The molecule has 0 fully saturated rings. The summed E-state index contributed by atoms with van der Waals surface area (Å²) >= 11 is 4.25. The minimum atomic E-state index is 0.939. The molecule has 0 N–H and O–H groups in total. The average molecular weight is 332 g/mol. The van der Waals surface area contributed by atoms with E-state index in [9.17, 15) is 0 Å². The predicted molar refractivity (Wildman–Crippen MR) is 47.5 cm³/mol. The zero-order valence-electron chi connectivity index (χ0n) is 3.81. The lowest BCUT2D eigenvalue weighted by Crippen LogP contribution is -1.84. The van der Waals surface area contributed by atoms with Crippen molar-refractivity contribution in [2.75, 3.05) is 0 Å². The molecule has 4 heteroatoms. The van der Waals surface area contributed by atoms with Gasteiger partial charge in [-0.05, 0) is 45.2 Å². The van der Waals surface area contributed by atoms with E-state index in [0.29, 0.717) is 0 Å². The van der Waals surface area contributed by atoms with Crippen molar-refractivity contribution in [3.05, 3.63) is 19.8 Å². The van der Waals surface area contributed by atoms with Gasteiger partial charge >= 0.3 is 0 Å². The molecule has 1 aromatic heterocycles. The standard InChI is InChI=1S/C4H2I2N2/c5-3-1-7-2-4(6)8-3/h1-2H. The van der Waals surface area contributed by atoms with Gasteiger partial charge in [0, 0.05) is 0 Å². The van der Waals surface area contributed by atoms with Crippen LogP contribution in [0.2, 0.25) is 0 Å². The molecule has 0 amide bonds. The van der Waals surface area contributed by atoms with E-state index in [1.807, 2.05) is 0 Å². The highest BCUT2D eigenvalue weighted by atomic mass is 127. The van der Waals surface area contributed by atoms with E-state index < -0.39 is 0 Å². The summed E-state index contributed by atoms with van der Waals surface area (Å²) in [6.45, 7) is 0. The molecular weight excluding hydrogens is 330 g/mol. The predicted octanol–water partition coefficient (Wildman–Crippen LogP) is 1.69. The summed E-state index contributed by atoms with van der Waals surface area (Å²) < 4.78 is 1.88. The molecule has 0 radical (unpaired) electrons. The van der Waals surface area contributed by atoms with Crippen molar-refractivity contribution in [1.29, 1.82) is 0 Å². The Kier molecular flexibility index (Phi) is 2.42. The van der Waals surface area contributed by atoms with Crippen molar-refractivity contribution >= 4 is 45.2 Å². The van der Waals surface area contributed by atoms with Gasteiger partial charge in [-0.2, -0.15) is 0 Å². The molecule has 0 saturated carbocycles. The van der Waals surface area contributed by atoms with Crippen LogP contribution in [0.4, 0.5) is 0 Å². The van der Waals surface area contributed by atoms with E-state index >= 15 is 0 Å². The molecule has 42 valence electrons. The van der Waals surface area contributed by atoms with Crippen LogP contribution in [0.25, 0.3) is 0 Å². The van der Waals surface area contributed by atoms with Gasteiger partial charge in [0.2, 0.25) is 0 Å². The second kappa shape index (κ2) is 2.90. The van der Waals surface area contributed by atoms with Gasteiger partial charge in [-0.1, -0.05) is 0 Å². The number of halogens is 2. The summed E-state index contributed by atoms with van der Waals surface area (Å²) in [6.07, 6.45) is 3.45. The number of hydrogen-bond donors (Lipinski definition) is 0. The smallest absolute Gasteiger partial charge is 0.120 e. The second-order valence-electron chi connectivity index (χ2n) is 1.16. The Morgan fingerprint density at radius 2 is 1.62 bits per heavy atom. The topological polar surface area (TPSA) is 25.8 Å². The Balaban J connectivity index is 3.08. The zero-order chi connectivity index (χ0) is 5.98. The van der Waals surface area contributed by atoms with Crippen LogP contribution in [-0.4, -0.2) is 9.97 Å². The van der Waals surface area contributed by atoms with Crippen molar-refractivity contribution in [2.45, 2.75) is 0 Å². The lowest BCUT2D eigenvalue weighted by molar-refractivity contribution is 1.12. The fourth-order valence-corrected chi connectivity index (χ4v) is 1.62. The molecule has 0 atom stereocenters. The maximum Gasteiger partial charge on any atom is 0.120 e. The summed E-state index contributed by atoms with van der Waals surface area (Å²) in [6, 6.07) is 0. The second-order valence-corrected chi connectivity index (χ2v) is 3.38. The number of rotatable bonds is 0. The van der Waals surface area contributed by atoms with E-state index in [2.05, 4.69) is 55.1 Å². The molecule has 1 heterocycles. The van der Waals surface area contributed by atoms with E-state index in [-0.39, 0.29) is 0 Å². The molecule has 0 aliphatic heterocycles. The number of aromatic nitrogens is 2. The van der Waals surface area contributed by atoms with Crippen LogP contribution in [0.3, 0.4) is 0 Å². The van der Waals surface area contributed by atoms with E-state index in [1.165, 1.54) is 0 Å². The van der Waals surface area contributed by atoms with Gasteiger partial charge in [0.1, 0.15) is 7.40 Å². The van der Waals surface area contributed by atoms with Crippen LogP contribution in [-0.2, 0) is 0 Å². The summed E-state index contributed by atoms with van der Waals surface area (Å²) in [4.78, 5) is 7.99. The van der Waals surface area contributed by atoms with Crippen molar-refractivity contribution in [3.63, 3.8) is 0 Å². The molecule has 1 rings (SSSR count). The average Bonchev–Trinajstić information content (AvgIpc) is 1.64. The van der Waals surface area contributed by atoms with Crippen LogP contribution in [0.15, 0.2) is 12.4 Å². The van der Waals surface area contributed by atoms with Gasteiger partial charge in [-0.15, -0.1) is 0 Å². The normalized spacial score (nSPS) is 9.25. The molecule has 2 nitrogen and oxygen atoms in total. The first-order chi connectivity index (χ1) is 3.79. The maximum atomic E-state index is 4.08. The van der Waals surface area contributed by atoms with Gasteiger partial charge < -0.3 is 0 Å². The minimum absolute atomic E-state index is 0.939. The van der Waals surface area contributed by atoms with Gasteiger partial charge in [-0.3, -0.25) is 4.98 Å². The molecule has 0 spiro atoms. The van der Waals surface area contributed by atoms with Gasteiger partial charge in [0.25, 0.3) is 0 Å². The Hall–Kier alpha value is 0.540. The largest absolute Gasteiger partial charge is 0.259 e. The molecule has 0 saturated heterocycles. The highest BCUT2D eigenvalue weighted by molar-refractivity contribution is 14.1. The van der Waals surface area contributed by atoms with Crippen LogP contribution < -0.4 is 0 Å². The van der Waals surface area contributed by atoms with Gasteiger partial charge in [0.05, 0.1) is 12.4 Å². The van der Waals surface area contributed by atoms with Crippen LogP contribution in [0.5, 0.6) is 0 Å². The van der Waals surface area contributed by atoms with Crippen molar-refractivity contribution < 1.29 is 0 Å².